The Bertz CT molecular complexity index is 576. The average molecular weight is 282 g/mol. The van der Waals surface area contributed by atoms with E-state index in [0.29, 0.717) is 6.61 Å². The molecule has 21 heavy (non-hydrogen) atoms. The first-order valence-corrected chi connectivity index (χ1v) is 6.77. The van der Waals surface area contributed by atoms with Gasteiger partial charge in [-0.2, -0.15) is 0 Å². The van der Waals surface area contributed by atoms with Gasteiger partial charge in [-0.15, -0.1) is 0 Å². The number of rotatable bonds is 6. The Morgan fingerprint density at radius 3 is 2.29 bits per heavy atom. The zero-order valence-electron chi connectivity index (χ0n) is 11.9. The van der Waals surface area contributed by atoms with Crippen LogP contribution in [0.2, 0.25) is 0 Å². The summed E-state index contributed by atoms with van der Waals surface area (Å²) in [5.74, 6) is -0.384. The van der Waals surface area contributed by atoms with Crippen molar-refractivity contribution in [2.45, 2.75) is 6.10 Å². The number of esters is 1. The van der Waals surface area contributed by atoms with Gasteiger partial charge in [0, 0.05) is 13.2 Å². The van der Waals surface area contributed by atoms with Crippen molar-refractivity contribution in [2.24, 2.45) is 0 Å². The van der Waals surface area contributed by atoms with Crippen molar-refractivity contribution in [1.82, 2.24) is 0 Å². The maximum Gasteiger partial charge on any atom is 0.331 e. The molecule has 0 aliphatic heterocycles. The summed E-state index contributed by atoms with van der Waals surface area (Å²) in [7, 11) is 1.59. The lowest BCUT2D eigenvalue weighted by Gasteiger charge is -2.16. The summed E-state index contributed by atoms with van der Waals surface area (Å²) in [6.07, 6.45) is 2.77. The Morgan fingerprint density at radius 1 is 1.05 bits per heavy atom. The molecule has 3 nitrogen and oxygen atoms in total. The first-order chi connectivity index (χ1) is 10.3. The van der Waals surface area contributed by atoms with Crippen LogP contribution in [0.3, 0.4) is 0 Å². The molecule has 0 unspecified atom stereocenters. The summed E-state index contributed by atoms with van der Waals surface area (Å²) < 4.78 is 10.6. The Balaban J connectivity index is 2.00. The fraction of sp³-hybridized carbons (Fsp3) is 0.167. The molecule has 0 amide bonds. The number of hydrogen-bond acceptors (Lipinski definition) is 3. The van der Waals surface area contributed by atoms with E-state index in [1.54, 1.807) is 13.2 Å². The van der Waals surface area contributed by atoms with Crippen LogP contribution in [0, 0.1) is 0 Å². The maximum atomic E-state index is 11.9. The van der Waals surface area contributed by atoms with E-state index in [1.165, 1.54) is 6.08 Å². The first-order valence-electron chi connectivity index (χ1n) is 6.77. The van der Waals surface area contributed by atoms with Gasteiger partial charge in [0.2, 0.25) is 0 Å². The molecule has 0 saturated heterocycles. The number of carbonyl (C=O) groups excluding carboxylic acids is 1. The van der Waals surface area contributed by atoms with Crippen LogP contribution >= 0.6 is 0 Å². The summed E-state index contributed by atoms with van der Waals surface area (Å²) in [4.78, 5) is 11.9. The quantitative estimate of drug-likeness (QED) is 0.599. The van der Waals surface area contributed by atoms with Crippen molar-refractivity contribution in [3.8, 4) is 0 Å². The van der Waals surface area contributed by atoms with Gasteiger partial charge in [0.15, 0.2) is 6.10 Å². The van der Waals surface area contributed by atoms with Crippen molar-refractivity contribution in [1.29, 1.82) is 0 Å². The van der Waals surface area contributed by atoms with Crippen LogP contribution < -0.4 is 0 Å². The van der Waals surface area contributed by atoms with Crippen molar-refractivity contribution < 1.29 is 14.3 Å². The molecule has 0 bridgehead atoms. The van der Waals surface area contributed by atoms with Crippen molar-refractivity contribution >= 4 is 12.0 Å². The van der Waals surface area contributed by atoms with Crippen LogP contribution in [0.1, 0.15) is 17.2 Å². The Kier molecular flexibility index (Phi) is 5.73. The predicted octanol–water partition coefficient (Wildman–Crippen LogP) is 3.63. The fourth-order valence-corrected chi connectivity index (χ4v) is 1.93. The monoisotopic (exact) mass is 282 g/mol. The zero-order valence-corrected chi connectivity index (χ0v) is 11.9. The molecule has 108 valence electrons. The lowest BCUT2D eigenvalue weighted by atomic mass is 10.1. The summed E-state index contributed by atoms with van der Waals surface area (Å²) in [5.41, 5.74) is 1.87. The van der Waals surface area contributed by atoms with E-state index in [0.717, 1.165) is 11.1 Å². The third-order valence-corrected chi connectivity index (χ3v) is 2.96. The fourth-order valence-electron chi connectivity index (χ4n) is 1.93. The van der Waals surface area contributed by atoms with E-state index in [2.05, 4.69) is 0 Å². The van der Waals surface area contributed by atoms with Crippen molar-refractivity contribution in [2.75, 3.05) is 13.7 Å². The molecule has 0 saturated carbocycles. The molecule has 0 radical (unpaired) electrons. The van der Waals surface area contributed by atoms with Crippen LogP contribution in [0.25, 0.3) is 6.08 Å². The van der Waals surface area contributed by atoms with Crippen LogP contribution in [0.5, 0.6) is 0 Å². The third kappa shape index (κ3) is 4.89. The van der Waals surface area contributed by atoms with Gasteiger partial charge in [0.1, 0.15) is 0 Å². The minimum atomic E-state index is -0.399. The van der Waals surface area contributed by atoms with E-state index >= 15 is 0 Å². The minimum absolute atomic E-state index is 0.328. The van der Waals surface area contributed by atoms with Gasteiger partial charge in [-0.1, -0.05) is 60.7 Å². The van der Waals surface area contributed by atoms with E-state index in [4.69, 9.17) is 9.47 Å². The molecular formula is C18H18O3. The molecule has 0 fully saturated rings. The van der Waals surface area contributed by atoms with Gasteiger partial charge in [-0.3, -0.25) is 0 Å². The zero-order chi connectivity index (χ0) is 14.9. The smallest absolute Gasteiger partial charge is 0.331 e. The normalized spacial score (nSPS) is 12.2. The molecule has 0 aliphatic rings. The van der Waals surface area contributed by atoms with Gasteiger partial charge >= 0.3 is 5.97 Å². The van der Waals surface area contributed by atoms with Crippen LogP contribution in [0.15, 0.2) is 66.7 Å². The molecule has 2 aromatic carbocycles. The number of ether oxygens (including phenoxy) is 2. The number of benzene rings is 2. The first kappa shape index (κ1) is 15.0. The van der Waals surface area contributed by atoms with Crippen molar-refractivity contribution in [3.63, 3.8) is 0 Å². The standard InChI is InChI=1S/C18H18O3/c1-20-14-17(16-10-6-3-7-11-16)21-18(19)13-12-15-8-4-2-5-9-15/h2-13,17H,14H2,1H3/b13-12+/t17-/m0/s1. The molecule has 0 heterocycles. The molecule has 0 aromatic heterocycles. The molecule has 2 rings (SSSR count). The highest BCUT2D eigenvalue weighted by Gasteiger charge is 2.14. The van der Waals surface area contributed by atoms with Crippen molar-refractivity contribution in [3.05, 3.63) is 77.9 Å². The number of methoxy groups -OCH3 is 1. The SMILES string of the molecule is COC[C@H](OC(=O)/C=C/c1ccccc1)c1ccccc1. The summed E-state index contributed by atoms with van der Waals surface area (Å²) in [6.45, 7) is 0.328. The highest BCUT2D eigenvalue weighted by atomic mass is 16.6. The van der Waals surface area contributed by atoms with Gasteiger partial charge in [0.25, 0.3) is 0 Å². The Labute approximate surface area is 124 Å². The molecule has 0 spiro atoms. The molecular weight excluding hydrogens is 264 g/mol. The van der Waals surface area contributed by atoms with Crippen LogP contribution in [-0.4, -0.2) is 19.7 Å². The molecule has 0 N–H and O–H groups in total. The summed E-state index contributed by atoms with van der Waals surface area (Å²) in [5, 5.41) is 0. The summed E-state index contributed by atoms with van der Waals surface area (Å²) >= 11 is 0. The van der Waals surface area contributed by atoms with Gasteiger partial charge in [0.05, 0.1) is 6.61 Å². The second kappa shape index (κ2) is 8.02. The highest BCUT2D eigenvalue weighted by Crippen LogP contribution is 2.18. The third-order valence-electron chi connectivity index (χ3n) is 2.96. The molecule has 0 aliphatic carbocycles. The van der Waals surface area contributed by atoms with E-state index in [-0.39, 0.29) is 5.97 Å². The van der Waals surface area contributed by atoms with Gasteiger partial charge in [-0.05, 0) is 17.2 Å². The van der Waals surface area contributed by atoms with E-state index in [9.17, 15) is 4.79 Å². The number of carbonyl (C=O) groups is 1. The lowest BCUT2D eigenvalue weighted by Crippen LogP contribution is -2.14. The average Bonchev–Trinajstić information content (AvgIpc) is 2.54. The molecule has 3 heteroatoms. The topological polar surface area (TPSA) is 35.5 Å². The predicted molar refractivity (Wildman–Crippen MR) is 82.6 cm³/mol. The lowest BCUT2D eigenvalue weighted by molar-refractivity contribution is -0.145. The Morgan fingerprint density at radius 2 is 1.67 bits per heavy atom. The minimum Gasteiger partial charge on any atom is -0.452 e. The van der Waals surface area contributed by atoms with Crippen LogP contribution in [0.4, 0.5) is 0 Å². The summed E-state index contributed by atoms with van der Waals surface area (Å²) in [6, 6.07) is 19.2. The van der Waals surface area contributed by atoms with Gasteiger partial charge in [-0.25, -0.2) is 4.79 Å². The second-order valence-electron chi connectivity index (χ2n) is 4.54. The van der Waals surface area contributed by atoms with Gasteiger partial charge < -0.3 is 9.47 Å². The van der Waals surface area contributed by atoms with E-state index < -0.39 is 6.10 Å². The maximum absolute atomic E-state index is 11.9. The highest BCUT2D eigenvalue weighted by molar-refractivity contribution is 5.87. The number of hydrogen-bond donors (Lipinski definition) is 0. The largest absolute Gasteiger partial charge is 0.452 e. The molecule has 2 aromatic rings. The Hall–Kier alpha value is -2.39. The van der Waals surface area contributed by atoms with Crippen LogP contribution in [-0.2, 0) is 14.3 Å². The second-order valence-corrected chi connectivity index (χ2v) is 4.54. The molecule has 1 atom stereocenters. The van der Waals surface area contributed by atoms with E-state index in [1.807, 2.05) is 60.7 Å².